The van der Waals surface area contributed by atoms with Gasteiger partial charge in [-0.25, -0.2) is 4.98 Å². The molecular formula is C13H18ClN3OSSi. The number of halogens is 1. The van der Waals surface area contributed by atoms with E-state index in [-0.39, 0.29) is 0 Å². The van der Waals surface area contributed by atoms with E-state index in [1.807, 2.05) is 12.1 Å². The average molecular weight is 328 g/mol. The zero-order valence-corrected chi connectivity index (χ0v) is 14.4. The van der Waals surface area contributed by atoms with E-state index in [4.69, 9.17) is 16.3 Å². The van der Waals surface area contributed by atoms with E-state index in [1.54, 1.807) is 23.9 Å². The lowest BCUT2D eigenvalue weighted by molar-refractivity contribution is 0.296. The van der Waals surface area contributed by atoms with Gasteiger partial charge in [-0.15, -0.1) is 5.10 Å². The number of aromatic amines is 1. The lowest BCUT2D eigenvalue weighted by Gasteiger charge is -2.12. The van der Waals surface area contributed by atoms with Crippen LogP contribution in [0.4, 0.5) is 0 Å². The van der Waals surface area contributed by atoms with Gasteiger partial charge in [-0.2, -0.15) is 0 Å². The summed E-state index contributed by atoms with van der Waals surface area (Å²) in [4.78, 5) is 4.41. The summed E-state index contributed by atoms with van der Waals surface area (Å²) in [5.74, 6) is 1.50. The van der Waals surface area contributed by atoms with E-state index in [0.717, 1.165) is 22.1 Å². The van der Waals surface area contributed by atoms with Gasteiger partial charge in [0, 0.05) is 5.02 Å². The number of ether oxygens (including phenoxy) is 1. The molecule has 0 atom stereocenters. The summed E-state index contributed by atoms with van der Waals surface area (Å²) in [5.41, 5.74) is 0. The summed E-state index contributed by atoms with van der Waals surface area (Å²) < 4.78 is 5.61. The van der Waals surface area contributed by atoms with Gasteiger partial charge < -0.3 is 4.74 Å². The van der Waals surface area contributed by atoms with E-state index in [0.29, 0.717) is 11.6 Å². The largest absolute Gasteiger partial charge is 0.486 e. The highest BCUT2D eigenvalue weighted by molar-refractivity contribution is 8.00. The Bertz CT molecular complexity index is 553. The Labute approximate surface area is 129 Å². The average Bonchev–Trinajstić information content (AvgIpc) is 2.83. The van der Waals surface area contributed by atoms with Gasteiger partial charge in [-0.1, -0.05) is 43.0 Å². The fraction of sp³-hybridized carbons (Fsp3) is 0.385. The number of nitrogens with zero attached hydrogens (tertiary/aromatic N) is 2. The van der Waals surface area contributed by atoms with Crippen molar-refractivity contribution in [2.45, 2.75) is 31.4 Å². The number of nitrogens with one attached hydrogen (secondary N) is 1. The second-order valence-corrected chi connectivity index (χ2v) is 13.0. The highest BCUT2D eigenvalue weighted by Gasteiger charge is 2.15. The molecule has 0 aliphatic rings. The zero-order chi connectivity index (χ0) is 14.6. The van der Waals surface area contributed by atoms with Crippen LogP contribution < -0.4 is 4.74 Å². The fourth-order valence-corrected chi connectivity index (χ4v) is 4.03. The summed E-state index contributed by atoms with van der Waals surface area (Å²) in [6.07, 6.45) is 0. The predicted molar refractivity (Wildman–Crippen MR) is 86.2 cm³/mol. The summed E-state index contributed by atoms with van der Waals surface area (Å²) in [6, 6.07) is 7.26. The molecule has 0 aliphatic carbocycles. The molecule has 1 aromatic heterocycles. The minimum Gasteiger partial charge on any atom is -0.486 e. The van der Waals surface area contributed by atoms with Crippen molar-refractivity contribution in [1.82, 2.24) is 15.2 Å². The highest BCUT2D eigenvalue weighted by atomic mass is 35.5. The van der Waals surface area contributed by atoms with Crippen molar-refractivity contribution in [3.63, 3.8) is 0 Å². The standard InChI is InChI=1S/C13H18ClN3OSSi/c1-20(2,3)9-19-13-15-12(16-17-13)8-18-11-6-4-10(14)5-7-11/h4-7H,8-9H2,1-3H3,(H,15,16,17). The molecule has 2 rings (SSSR count). The third-order valence-electron chi connectivity index (χ3n) is 2.33. The van der Waals surface area contributed by atoms with Gasteiger partial charge in [0.05, 0.1) is 8.07 Å². The molecule has 0 unspecified atom stereocenters. The number of hydrogen-bond acceptors (Lipinski definition) is 4. The van der Waals surface area contributed by atoms with E-state index < -0.39 is 8.07 Å². The molecule has 0 radical (unpaired) electrons. The second kappa shape index (κ2) is 6.65. The maximum absolute atomic E-state index is 5.82. The molecule has 1 N–H and O–H groups in total. The summed E-state index contributed by atoms with van der Waals surface area (Å²) in [7, 11) is -1.08. The normalized spacial score (nSPS) is 11.6. The molecule has 7 heteroatoms. The first-order chi connectivity index (χ1) is 9.42. The highest BCUT2D eigenvalue weighted by Crippen LogP contribution is 2.19. The van der Waals surface area contributed by atoms with Gasteiger partial charge in [-0.05, 0) is 29.6 Å². The SMILES string of the molecule is C[Si](C)(C)CSc1n[nH]c(COc2ccc(Cl)cc2)n1. The van der Waals surface area contributed by atoms with Crippen molar-refractivity contribution in [1.29, 1.82) is 0 Å². The van der Waals surface area contributed by atoms with Crippen molar-refractivity contribution < 1.29 is 4.74 Å². The molecule has 0 aliphatic heterocycles. The molecular weight excluding hydrogens is 310 g/mol. The summed E-state index contributed by atoms with van der Waals surface area (Å²) >= 11 is 7.53. The van der Waals surface area contributed by atoms with Crippen LogP contribution in [-0.2, 0) is 6.61 Å². The summed E-state index contributed by atoms with van der Waals surface area (Å²) in [6.45, 7) is 7.37. The van der Waals surface area contributed by atoms with Gasteiger partial charge >= 0.3 is 0 Å². The van der Waals surface area contributed by atoms with E-state index in [9.17, 15) is 0 Å². The zero-order valence-electron chi connectivity index (χ0n) is 11.8. The monoisotopic (exact) mass is 327 g/mol. The first-order valence-corrected chi connectivity index (χ1v) is 11.4. The maximum atomic E-state index is 5.82. The number of hydrogen-bond donors (Lipinski definition) is 1. The smallest absolute Gasteiger partial charge is 0.208 e. The van der Waals surface area contributed by atoms with Crippen molar-refractivity contribution in [3.05, 3.63) is 35.1 Å². The lowest BCUT2D eigenvalue weighted by Crippen LogP contribution is -2.23. The van der Waals surface area contributed by atoms with Gasteiger partial charge in [0.1, 0.15) is 12.4 Å². The number of rotatable bonds is 6. The molecule has 0 saturated carbocycles. The topological polar surface area (TPSA) is 50.8 Å². The second-order valence-electron chi connectivity index (χ2n) is 5.66. The Balaban J connectivity index is 1.85. The van der Waals surface area contributed by atoms with Crippen LogP contribution in [0.25, 0.3) is 0 Å². The van der Waals surface area contributed by atoms with Crippen molar-refractivity contribution >= 4 is 31.4 Å². The molecule has 0 fully saturated rings. The van der Waals surface area contributed by atoms with Crippen LogP contribution in [0, 0.1) is 0 Å². The molecule has 20 heavy (non-hydrogen) atoms. The Morgan fingerprint density at radius 2 is 1.95 bits per heavy atom. The summed E-state index contributed by atoms with van der Waals surface area (Å²) in [5, 5.41) is 9.70. The Morgan fingerprint density at radius 1 is 1.25 bits per heavy atom. The molecule has 0 spiro atoms. The van der Waals surface area contributed by atoms with Crippen molar-refractivity contribution in [3.8, 4) is 5.75 Å². The van der Waals surface area contributed by atoms with E-state index in [1.165, 1.54) is 0 Å². The number of thioether (sulfide) groups is 1. The third-order valence-corrected chi connectivity index (χ3v) is 7.07. The fourth-order valence-electron chi connectivity index (χ4n) is 1.37. The van der Waals surface area contributed by atoms with Crippen molar-refractivity contribution in [2.24, 2.45) is 0 Å². The molecule has 0 bridgehead atoms. The minimum absolute atomic E-state index is 0.377. The van der Waals surface area contributed by atoms with Crippen LogP contribution in [0.3, 0.4) is 0 Å². The van der Waals surface area contributed by atoms with Crippen molar-refractivity contribution in [2.75, 3.05) is 5.38 Å². The molecule has 108 valence electrons. The minimum atomic E-state index is -1.08. The molecule has 0 amide bonds. The quantitative estimate of drug-likeness (QED) is 0.643. The number of benzene rings is 1. The first kappa shape index (κ1) is 15.4. The Hall–Kier alpha value is -0.983. The van der Waals surface area contributed by atoms with Crippen LogP contribution >= 0.6 is 23.4 Å². The van der Waals surface area contributed by atoms with Gasteiger partial charge in [-0.3, -0.25) is 5.10 Å². The van der Waals surface area contributed by atoms with Crippen LogP contribution in [0.2, 0.25) is 24.7 Å². The Kier molecular flexibility index (Phi) is 5.12. The molecule has 2 aromatic rings. The van der Waals surface area contributed by atoms with E-state index >= 15 is 0 Å². The van der Waals surface area contributed by atoms with Gasteiger partial charge in [0.2, 0.25) is 5.16 Å². The first-order valence-electron chi connectivity index (χ1n) is 6.35. The Morgan fingerprint density at radius 3 is 2.60 bits per heavy atom. The number of aromatic nitrogens is 3. The van der Waals surface area contributed by atoms with Crippen LogP contribution in [-0.4, -0.2) is 28.6 Å². The third kappa shape index (κ3) is 5.18. The van der Waals surface area contributed by atoms with Crippen LogP contribution in [0.5, 0.6) is 5.75 Å². The predicted octanol–water partition coefficient (Wildman–Crippen LogP) is 4.01. The van der Waals surface area contributed by atoms with E-state index in [2.05, 4.69) is 34.8 Å². The van der Waals surface area contributed by atoms with Gasteiger partial charge in [0.15, 0.2) is 5.82 Å². The molecule has 4 nitrogen and oxygen atoms in total. The molecule has 1 aromatic carbocycles. The molecule has 0 saturated heterocycles. The van der Waals surface area contributed by atoms with Crippen LogP contribution in [0.15, 0.2) is 29.4 Å². The maximum Gasteiger partial charge on any atom is 0.208 e. The molecule has 1 heterocycles. The van der Waals surface area contributed by atoms with Crippen LogP contribution in [0.1, 0.15) is 5.82 Å². The van der Waals surface area contributed by atoms with Gasteiger partial charge in [0.25, 0.3) is 0 Å². The number of H-pyrrole nitrogens is 1. The lowest BCUT2D eigenvalue weighted by atomic mass is 10.3.